The van der Waals surface area contributed by atoms with Gasteiger partial charge in [-0.15, -0.1) is 0 Å². The number of rotatable bonds is 8. The van der Waals surface area contributed by atoms with Crippen LogP contribution < -0.4 is 5.32 Å². The Balaban J connectivity index is 1.54. The first-order valence-corrected chi connectivity index (χ1v) is 14.2. The van der Waals surface area contributed by atoms with E-state index in [1.165, 1.54) is 43.3 Å². The predicted octanol–water partition coefficient (Wildman–Crippen LogP) is 4.43. The topological polar surface area (TPSA) is 144 Å². The van der Waals surface area contributed by atoms with Gasteiger partial charge in [0.2, 0.25) is 15.9 Å². The molecule has 12 heteroatoms. The summed E-state index contributed by atoms with van der Waals surface area (Å²) in [5.74, 6) is -2.24. The van der Waals surface area contributed by atoms with Crippen LogP contribution in [0.1, 0.15) is 25.3 Å². The quantitative estimate of drug-likeness (QED) is 0.303. The van der Waals surface area contributed by atoms with Crippen molar-refractivity contribution >= 4 is 45.1 Å². The maximum absolute atomic E-state index is 13.4. The highest BCUT2D eigenvalue weighted by Crippen LogP contribution is 2.38. The molecule has 1 aliphatic heterocycles. The molecule has 9 nitrogen and oxygen atoms in total. The number of hydrogen-bond donors (Lipinski definition) is 4. The molecule has 206 valence electrons. The summed E-state index contributed by atoms with van der Waals surface area (Å²) in [7, 11) is -4.17. The van der Waals surface area contributed by atoms with E-state index in [1.807, 2.05) is 0 Å². The third kappa shape index (κ3) is 5.84. The van der Waals surface area contributed by atoms with Crippen molar-refractivity contribution in [3.63, 3.8) is 0 Å². The van der Waals surface area contributed by atoms with E-state index in [4.69, 9.17) is 23.2 Å². The van der Waals surface area contributed by atoms with Gasteiger partial charge >= 0.3 is 5.97 Å². The van der Waals surface area contributed by atoms with Gasteiger partial charge in [-0.3, -0.25) is 4.79 Å². The SMILES string of the molecule is C[C@@]1(C(=O)N[C@@H](Cc2ccc(-c3c(O)cccc3O)cc2)C(=O)O)CCCN1S(=O)(=O)c1cc(Cl)cc(Cl)c1. The zero-order valence-corrected chi connectivity index (χ0v) is 23.1. The van der Waals surface area contributed by atoms with Crippen LogP contribution in [0.2, 0.25) is 10.0 Å². The highest BCUT2D eigenvalue weighted by molar-refractivity contribution is 7.89. The Morgan fingerprint density at radius 3 is 2.18 bits per heavy atom. The molecule has 0 aromatic heterocycles. The number of nitrogens with zero attached hydrogens (tertiary/aromatic N) is 1. The Morgan fingerprint density at radius 2 is 1.62 bits per heavy atom. The summed E-state index contributed by atoms with van der Waals surface area (Å²) in [6, 6.07) is 13.4. The van der Waals surface area contributed by atoms with E-state index >= 15 is 0 Å². The molecule has 1 aliphatic rings. The molecule has 1 amide bonds. The summed E-state index contributed by atoms with van der Waals surface area (Å²) in [5, 5.41) is 32.8. The van der Waals surface area contributed by atoms with Crippen molar-refractivity contribution in [2.45, 2.75) is 42.7 Å². The highest BCUT2D eigenvalue weighted by Gasteiger charge is 2.50. The largest absolute Gasteiger partial charge is 0.507 e. The zero-order chi connectivity index (χ0) is 28.5. The van der Waals surface area contributed by atoms with Gasteiger partial charge in [0.05, 0.1) is 10.5 Å². The minimum absolute atomic E-state index is 0.0642. The Kier molecular flexibility index (Phi) is 8.13. The number of carboxylic acid groups (broad SMARTS) is 1. The number of carboxylic acids is 1. The summed E-state index contributed by atoms with van der Waals surface area (Å²) in [6.45, 7) is 1.53. The predicted molar refractivity (Wildman–Crippen MR) is 146 cm³/mol. The molecular formula is C27H26Cl2N2O7S. The molecule has 3 aromatic rings. The fourth-order valence-corrected chi connectivity index (χ4v) is 7.27. The fourth-order valence-electron chi connectivity index (χ4n) is 4.74. The lowest BCUT2D eigenvalue weighted by molar-refractivity contribution is -0.143. The Labute approximate surface area is 235 Å². The summed E-state index contributed by atoms with van der Waals surface area (Å²) in [4.78, 5) is 25.3. The molecule has 0 radical (unpaired) electrons. The summed E-state index contributed by atoms with van der Waals surface area (Å²) >= 11 is 12.0. The first-order valence-electron chi connectivity index (χ1n) is 12.0. The number of carbonyl (C=O) groups excluding carboxylic acids is 1. The second kappa shape index (κ2) is 11.1. The molecule has 0 saturated carbocycles. The van der Waals surface area contributed by atoms with Gasteiger partial charge in [0.1, 0.15) is 23.1 Å². The number of phenolic OH excluding ortho intramolecular Hbond substituents is 2. The molecule has 1 heterocycles. The average Bonchev–Trinajstić information content (AvgIpc) is 3.27. The van der Waals surface area contributed by atoms with Crippen LogP contribution >= 0.6 is 23.2 Å². The number of hydrogen-bond acceptors (Lipinski definition) is 6. The summed E-state index contributed by atoms with van der Waals surface area (Å²) in [5.41, 5.74) is -0.210. The Hall–Kier alpha value is -3.31. The molecule has 3 aromatic carbocycles. The van der Waals surface area contributed by atoms with Crippen molar-refractivity contribution in [2.24, 2.45) is 0 Å². The van der Waals surface area contributed by atoms with E-state index in [-0.39, 0.29) is 51.4 Å². The number of benzene rings is 3. The average molecular weight is 593 g/mol. The van der Waals surface area contributed by atoms with Crippen LogP contribution in [-0.4, -0.2) is 58.0 Å². The van der Waals surface area contributed by atoms with Gasteiger partial charge in [0, 0.05) is 23.0 Å². The molecule has 1 saturated heterocycles. The van der Waals surface area contributed by atoms with Crippen molar-refractivity contribution in [3.05, 3.63) is 76.3 Å². The number of aromatic hydroxyl groups is 2. The van der Waals surface area contributed by atoms with E-state index in [1.54, 1.807) is 24.3 Å². The number of sulfonamides is 1. The molecule has 2 atom stereocenters. The molecule has 1 fully saturated rings. The molecule has 0 spiro atoms. The fraction of sp³-hybridized carbons (Fsp3) is 0.259. The second-order valence-electron chi connectivity index (χ2n) is 9.50. The van der Waals surface area contributed by atoms with Crippen molar-refractivity contribution < 1.29 is 33.3 Å². The van der Waals surface area contributed by atoms with Crippen LogP contribution in [0.3, 0.4) is 0 Å². The monoisotopic (exact) mass is 592 g/mol. The van der Waals surface area contributed by atoms with Crippen molar-refractivity contribution in [2.75, 3.05) is 6.54 Å². The van der Waals surface area contributed by atoms with Gasteiger partial charge in [-0.05, 0) is 61.2 Å². The molecule has 4 N–H and O–H groups in total. The number of amides is 1. The first-order chi connectivity index (χ1) is 18.3. The van der Waals surface area contributed by atoms with Crippen molar-refractivity contribution in [1.29, 1.82) is 0 Å². The van der Waals surface area contributed by atoms with Crippen molar-refractivity contribution in [1.82, 2.24) is 9.62 Å². The normalized spacial score (nSPS) is 18.5. The third-order valence-electron chi connectivity index (χ3n) is 6.79. The Morgan fingerprint density at radius 1 is 1.03 bits per heavy atom. The number of nitrogens with one attached hydrogen (secondary N) is 1. The highest BCUT2D eigenvalue weighted by atomic mass is 35.5. The number of carbonyl (C=O) groups is 2. The lowest BCUT2D eigenvalue weighted by Gasteiger charge is -2.34. The van der Waals surface area contributed by atoms with E-state index in [0.29, 0.717) is 17.5 Å². The van der Waals surface area contributed by atoms with Gasteiger partial charge in [-0.25, -0.2) is 13.2 Å². The van der Waals surface area contributed by atoms with Crippen LogP contribution in [0.25, 0.3) is 11.1 Å². The van der Waals surface area contributed by atoms with E-state index in [0.717, 1.165) is 4.31 Å². The maximum atomic E-state index is 13.4. The van der Waals surface area contributed by atoms with Gasteiger partial charge < -0.3 is 20.6 Å². The lowest BCUT2D eigenvalue weighted by Crippen LogP contribution is -2.58. The van der Waals surface area contributed by atoms with Crippen LogP contribution in [0.15, 0.2) is 65.6 Å². The molecule has 0 unspecified atom stereocenters. The summed E-state index contributed by atoms with van der Waals surface area (Å²) < 4.78 is 27.9. The van der Waals surface area contributed by atoms with E-state index in [9.17, 15) is 33.3 Å². The van der Waals surface area contributed by atoms with Gasteiger partial charge in [-0.2, -0.15) is 4.31 Å². The molecular weight excluding hydrogens is 567 g/mol. The van der Waals surface area contributed by atoms with Crippen LogP contribution in [0.4, 0.5) is 0 Å². The van der Waals surface area contributed by atoms with Crippen molar-refractivity contribution in [3.8, 4) is 22.6 Å². The molecule has 39 heavy (non-hydrogen) atoms. The van der Waals surface area contributed by atoms with E-state index in [2.05, 4.69) is 5.32 Å². The minimum Gasteiger partial charge on any atom is -0.507 e. The minimum atomic E-state index is -4.17. The molecule has 0 aliphatic carbocycles. The van der Waals surface area contributed by atoms with Crippen LogP contribution in [0.5, 0.6) is 11.5 Å². The Bertz CT molecular complexity index is 1490. The van der Waals surface area contributed by atoms with Gasteiger partial charge in [-0.1, -0.05) is 53.5 Å². The van der Waals surface area contributed by atoms with Crippen LogP contribution in [-0.2, 0) is 26.0 Å². The second-order valence-corrected chi connectivity index (χ2v) is 12.2. The lowest BCUT2D eigenvalue weighted by atomic mass is 9.97. The van der Waals surface area contributed by atoms with Crippen LogP contribution in [0, 0.1) is 0 Å². The standard InChI is InChI=1S/C27H26Cl2N2O7S/c1-27(10-3-11-31(27)39(37,38)20-14-18(28)13-19(29)15-20)26(36)30-21(25(34)35)12-16-6-8-17(9-7-16)24-22(32)4-2-5-23(24)33/h2,4-9,13-15,21,32-33H,3,10-12H2,1H3,(H,30,36)(H,34,35)/t21-,27-/m0/s1. The van der Waals surface area contributed by atoms with Gasteiger partial charge in [0.25, 0.3) is 0 Å². The number of aliphatic carboxylic acids is 1. The number of halogens is 2. The van der Waals surface area contributed by atoms with E-state index < -0.39 is 33.5 Å². The zero-order valence-electron chi connectivity index (χ0n) is 20.8. The summed E-state index contributed by atoms with van der Waals surface area (Å²) in [6.07, 6.45) is 0.508. The number of phenols is 2. The third-order valence-corrected chi connectivity index (χ3v) is 9.23. The first kappa shape index (κ1) is 28.7. The maximum Gasteiger partial charge on any atom is 0.326 e. The smallest absolute Gasteiger partial charge is 0.326 e. The van der Waals surface area contributed by atoms with Gasteiger partial charge in [0.15, 0.2) is 0 Å². The molecule has 4 rings (SSSR count). The molecule has 0 bridgehead atoms.